The molecular formula is C55H53Cl3FN7O5. The van der Waals surface area contributed by atoms with Crippen LogP contribution >= 0.6 is 34.8 Å². The molecule has 16 heteroatoms. The molecule has 5 aromatic carbocycles. The monoisotopic (exact) mass is 1020 g/mol. The van der Waals surface area contributed by atoms with Gasteiger partial charge in [-0.25, -0.2) is 14.4 Å². The highest BCUT2D eigenvalue weighted by Crippen LogP contribution is 2.39. The Morgan fingerprint density at radius 2 is 1.42 bits per heavy atom. The van der Waals surface area contributed by atoms with Gasteiger partial charge in [-0.15, -0.1) is 0 Å². The van der Waals surface area contributed by atoms with Crippen LogP contribution in [0.3, 0.4) is 0 Å². The maximum atomic E-state index is 15.4. The summed E-state index contributed by atoms with van der Waals surface area (Å²) in [6, 6.07) is 30.7. The van der Waals surface area contributed by atoms with E-state index in [4.69, 9.17) is 54.3 Å². The van der Waals surface area contributed by atoms with Crippen molar-refractivity contribution in [3.8, 4) is 22.8 Å². The number of hydrogen-bond donors (Lipinski definition) is 0. The summed E-state index contributed by atoms with van der Waals surface area (Å²) in [5.74, 6) is 0.429. The summed E-state index contributed by atoms with van der Waals surface area (Å²) in [6.45, 7) is 6.57. The number of carbonyl (C=O) groups excluding carboxylic acids is 3. The highest BCUT2D eigenvalue weighted by molar-refractivity contribution is 6.32. The van der Waals surface area contributed by atoms with E-state index >= 15 is 4.39 Å². The summed E-state index contributed by atoms with van der Waals surface area (Å²) in [5.41, 5.74) is 6.63. The number of benzene rings is 5. The van der Waals surface area contributed by atoms with Crippen LogP contribution in [0.4, 0.5) is 10.1 Å². The molecule has 3 aliphatic heterocycles. The molecule has 71 heavy (non-hydrogen) atoms. The average Bonchev–Trinajstić information content (AvgIpc) is 3.52. The van der Waals surface area contributed by atoms with E-state index in [1.807, 2.05) is 71.6 Å². The van der Waals surface area contributed by atoms with Crippen LogP contribution in [0.15, 0.2) is 114 Å². The summed E-state index contributed by atoms with van der Waals surface area (Å²) in [6.07, 6.45) is 2.63. The van der Waals surface area contributed by atoms with Crippen LogP contribution in [0.1, 0.15) is 76.7 Å². The molecule has 0 unspecified atom stereocenters. The Morgan fingerprint density at radius 3 is 2.13 bits per heavy atom. The smallest absolute Gasteiger partial charge is 0.257 e. The molecule has 12 nitrogen and oxygen atoms in total. The van der Waals surface area contributed by atoms with E-state index < -0.39 is 5.82 Å². The van der Waals surface area contributed by atoms with E-state index in [1.54, 1.807) is 46.3 Å². The summed E-state index contributed by atoms with van der Waals surface area (Å²) < 4.78 is 26.7. The molecule has 0 bridgehead atoms. The second-order valence-electron chi connectivity index (χ2n) is 18.4. The SMILES string of the molecule is COc1cc(Cc2ncc3c(n2)-c2ccc(Cl)cc2C(c2c(F)cccc2OC)=NC3)ccc1C(=O)N1CCN(C(=O)CC(=O)N2C[C@H](CC(C)C)N(c3ccc(Cl)cc3)[C@H](c3ccc(Cl)cc3)C2)CC1. The number of amides is 3. The summed E-state index contributed by atoms with van der Waals surface area (Å²) in [7, 11) is 3.01. The van der Waals surface area contributed by atoms with Gasteiger partial charge in [0, 0.05) is 95.4 Å². The topological polar surface area (TPSA) is 121 Å². The largest absolute Gasteiger partial charge is 0.496 e. The lowest BCUT2D eigenvalue weighted by molar-refractivity contribution is -0.142. The van der Waals surface area contributed by atoms with Gasteiger partial charge >= 0.3 is 0 Å². The van der Waals surface area contributed by atoms with Gasteiger partial charge in [-0.2, -0.15) is 0 Å². The molecule has 0 saturated carbocycles. The molecule has 3 aliphatic rings. The highest BCUT2D eigenvalue weighted by Gasteiger charge is 2.39. The van der Waals surface area contributed by atoms with Crippen LogP contribution in [-0.2, 0) is 22.6 Å². The number of hydrogen-bond acceptors (Lipinski definition) is 9. The zero-order valence-corrected chi connectivity index (χ0v) is 42.1. The molecule has 2 saturated heterocycles. The van der Waals surface area contributed by atoms with E-state index in [0.29, 0.717) is 93.4 Å². The molecule has 0 radical (unpaired) electrons. The minimum Gasteiger partial charge on any atom is -0.496 e. The van der Waals surface area contributed by atoms with Crippen LogP contribution in [0.25, 0.3) is 11.3 Å². The number of fused-ring (bicyclic) bond motifs is 3. The lowest BCUT2D eigenvalue weighted by Crippen LogP contribution is -2.57. The minimum atomic E-state index is -0.471. The molecule has 2 fully saturated rings. The first-order valence-corrected chi connectivity index (χ1v) is 24.7. The van der Waals surface area contributed by atoms with Gasteiger partial charge in [0.15, 0.2) is 0 Å². The van der Waals surface area contributed by atoms with Crippen molar-refractivity contribution in [1.29, 1.82) is 0 Å². The molecule has 0 N–H and O–H groups in total. The number of aliphatic imine (C=N–C) groups is 1. The number of aromatic nitrogens is 2. The molecule has 366 valence electrons. The number of piperazine rings is 2. The van der Waals surface area contributed by atoms with Gasteiger partial charge in [0.2, 0.25) is 11.8 Å². The number of nitrogens with zero attached hydrogens (tertiary/aromatic N) is 7. The molecule has 6 aromatic rings. The van der Waals surface area contributed by atoms with Gasteiger partial charge in [0.05, 0.1) is 49.3 Å². The lowest BCUT2D eigenvalue weighted by atomic mass is 9.92. The van der Waals surface area contributed by atoms with Crippen molar-refractivity contribution >= 4 is 63.9 Å². The standard InChI is InChI=1S/C55H53Cl3FN7O5/c1-33(2)24-41-31-65(32-46(35-9-11-37(56)12-10-35)66(41)40-16-13-38(57)14-17-40)51(68)28-50(67)63-20-22-64(23-21-63)55(69)43-18-8-34(25-48(43)71-4)26-49-60-29-36-30-61-54(52-45(59)6-5-7-47(52)70-3)44-27-39(58)15-19-42(44)53(36)62-49/h5-19,25,27,29,33,41,46H,20-24,26,28,30-32H2,1-4H3/t41-,46-/m0/s1. The predicted molar refractivity (Wildman–Crippen MR) is 276 cm³/mol. The summed E-state index contributed by atoms with van der Waals surface area (Å²) in [5, 5.41) is 1.73. The van der Waals surface area contributed by atoms with Crippen LogP contribution in [0.5, 0.6) is 11.5 Å². The Kier molecular flexibility index (Phi) is 14.9. The minimum absolute atomic E-state index is 0.0184. The summed E-state index contributed by atoms with van der Waals surface area (Å²) >= 11 is 19.1. The fourth-order valence-corrected chi connectivity index (χ4v) is 10.3. The Hall–Kier alpha value is -6.54. The van der Waals surface area contributed by atoms with Gasteiger partial charge < -0.3 is 29.1 Å². The zero-order chi connectivity index (χ0) is 49.9. The Balaban J connectivity index is 0.853. The van der Waals surface area contributed by atoms with E-state index in [9.17, 15) is 14.4 Å². The molecule has 9 rings (SSSR count). The normalized spacial score (nSPS) is 16.8. The van der Waals surface area contributed by atoms with Crippen molar-refractivity contribution in [3.63, 3.8) is 0 Å². The third-order valence-corrected chi connectivity index (χ3v) is 14.1. The number of halogens is 4. The van der Waals surface area contributed by atoms with E-state index in [-0.39, 0.29) is 61.4 Å². The number of ether oxygens (including phenoxy) is 2. The van der Waals surface area contributed by atoms with Crippen LogP contribution < -0.4 is 14.4 Å². The number of rotatable bonds is 12. The molecular weight excluding hydrogens is 964 g/mol. The maximum Gasteiger partial charge on any atom is 0.257 e. The fraction of sp³-hybridized carbons (Fsp3) is 0.309. The van der Waals surface area contributed by atoms with Crippen LogP contribution in [-0.4, -0.2) is 108 Å². The van der Waals surface area contributed by atoms with Crippen molar-refractivity contribution in [2.45, 2.75) is 51.7 Å². The van der Waals surface area contributed by atoms with Crippen LogP contribution in [0.2, 0.25) is 15.1 Å². The van der Waals surface area contributed by atoms with E-state index in [2.05, 4.69) is 23.7 Å². The fourth-order valence-electron chi connectivity index (χ4n) is 9.91. The summed E-state index contributed by atoms with van der Waals surface area (Å²) in [4.78, 5) is 64.1. The molecule has 0 aliphatic carbocycles. The second kappa shape index (κ2) is 21.4. The molecule has 2 atom stereocenters. The highest BCUT2D eigenvalue weighted by atomic mass is 35.5. The first-order chi connectivity index (χ1) is 34.3. The van der Waals surface area contributed by atoms with Crippen molar-refractivity contribution in [2.24, 2.45) is 10.9 Å². The Morgan fingerprint density at radius 1 is 0.746 bits per heavy atom. The Bertz CT molecular complexity index is 3000. The third-order valence-electron chi connectivity index (χ3n) is 13.4. The van der Waals surface area contributed by atoms with Crippen molar-refractivity contribution < 1.29 is 28.2 Å². The van der Waals surface area contributed by atoms with Crippen molar-refractivity contribution in [2.75, 3.05) is 58.4 Å². The number of methoxy groups -OCH3 is 2. The first-order valence-electron chi connectivity index (χ1n) is 23.6. The van der Waals surface area contributed by atoms with Crippen LogP contribution in [0, 0.1) is 11.7 Å². The zero-order valence-electron chi connectivity index (χ0n) is 39.9. The number of carbonyl (C=O) groups is 3. The molecule has 4 heterocycles. The van der Waals surface area contributed by atoms with Gasteiger partial charge in [0.25, 0.3) is 5.91 Å². The predicted octanol–water partition coefficient (Wildman–Crippen LogP) is 10.4. The van der Waals surface area contributed by atoms with Crippen molar-refractivity contribution in [3.05, 3.63) is 169 Å². The average molecular weight is 1020 g/mol. The quantitative estimate of drug-likeness (QED) is 0.111. The third kappa shape index (κ3) is 10.7. The van der Waals surface area contributed by atoms with Gasteiger partial charge in [-0.3, -0.25) is 19.4 Å². The number of anilines is 1. The first kappa shape index (κ1) is 49.4. The van der Waals surface area contributed by atoms with Gasteiger partial charge in [0.1, 0.15) is 29.6 Å². The maximum absolute atomic E-state index is 15.4. The van der Waals surface area contributed by atoms with Gasteiger partial charge in [-0.05, 0) is 96.3 Å². The molecule has 0 spiro atoms. The lowest BCUT2D eigenvalue weighted by Gasteiger charge is -2.49. The second-order valence-corrected chi connectivity index (χ2v) is 19.7. The van der Waals surface area contributed by atoms with E-state index in [1.165, 1.54) is 20.3 Å². The van der Waals surface area contributed by atoms with Gasteiger partial charge in [-0.1, -0.05) is 79.0 Å². The molecule has 3 amide bonds. The molecule has 1 aromatic heterocycles. The van der Waals surface area contributed by atoms with E-state index in [0.717, 1.165) is 34.4 Å². The Labute approximate surface area is 428 Å². The van der Waals surface area contributed by atoms with Crippen molar-refractivity contribution in [1.82, 2.24) is 24.7 Å².